The molecule has 3 heteroatoms. The maximum Gasteiger partial charge on any atom is 0.127 e. The largest absolute Gasteiger partial charge is 0.457 e. The monoisotopic (exact) mass is 266 g/mol. The van der Waals surface area contributed by atoms with Crippen molar-refractivity contribution in [2.45, 2.75) is 26.4 Å². The Morgan fingerprint density at radius 3 is 2.50 bits per heavy atom. The van der Waals surface area contributed by atoms with Gasteiger partial charge in [-0.2, -0.15) is 5.26 Å². The van der Waals surface area contributed by atoms with E-state index in [1.807, 2.05) is 18.2 Å². The molecule has 0 radical (unpaired) electrons. The molecule has 2 aromatic rings. The van der Waals surface area contributed by atoms with E-state index in [0.29, 0.717) is 11.6 Å². The van der Waals surface area contributed by atoms with E-state index in [2.05, 4.69) is 31.3 Å². The highest BCUT2D eigenvalue weighted by Gasteiger charge is 2.00. The van der Waals surface area contributed by atoms with Crippen molar-refractivity contribution < 1.29 is 4.74 Å². The maximum absolute atomic E-state index is 8.76. The summed E-state index contributed by atoms with van der Waals surface area (Å²) in [6.45, 7) is 5.07. The van der Waals surface area contributed by atoms with Crippen LogP contribution in [0.3, 0.4) is 0 Å². The predicted octanol–water partition coefficient (Wildman–Crippen LogP) is 3.85. The van der Waals surface area contributed by atoms with Crippen LogP contribution in [0, 0.1) is 11.3 Å². The van der Waals surface area contributed by atoms with Gasteiger partial charge in [0.25, 0.3) is 0 Å². The topological polar surface area (TPSA) is 45.0 Å². The first-order valence-corrected chi connectivity index (χ1v) is 6.68. The molecule has 102 valence electrons. The van der Waals surface area contributed by atoms with Crippen LogP contribution in [0.4, 0.5) is 0 Å². The van der Waals surface area contributed by atoms with Crippen molar-refractivity contribution in [2.75, 3.05) is 0 Å². The highest BCUT2D eigenvalue weighted by molar-refractivity contribution is 5.38. The number of nitriles is 1. The second-order valence-corrected chi connectivity index (χ2v) is 4.92. The summed E-state index contributed by atoms with van der Waals surface area (Å²) in [7, 11) is 0. The summed E-state index contributed by atoms with van der Waals surface area (Å²) in [5.74, 6) is 1.54. The molecule has 0 heterocycles. The average molecular weight is 266 g/mol. The normalized spacial score (nSPS) is 10.3. The van der Waals surface area contributed by atoms with E-state index in [0.717, 1.165) is 18.0 Å². The Labute approximate surface area is 119 Å². The minimum Gasteiger partial charge on any atom is -0.457 e. The fourth-order valence-corrected chi connectivity index (χ4v) is 1.77. The van der Waals surface area contributed by atoms with E-state index in [1.165, 1.54) is 5.56 Å². The Hall–Kier alpha value is -2.31. The lowest BCUT2D eigenvalue weighted by Crippen LogP contribution is -2.21. The molecule has 0 atom stereocenters. The molecule has 0 amide bonds. The fourth-order valence-electron chi connectivity index (χ4n) is 1.77. The number of hydrogen-bond donors (Lipinski definition) is 1. The van der Waals surface area contributed by atoms with E-state index in [9.17, 15) is 0 Å². The van der Waals surface area contributed by atoms with Crippen molar-refractivity contribution in [3.8, 4) is 17.6 Å². The van der Waals surface area contributed by atoms with Crippen LogP contribution in [-0.2, 0) is 6.54 Å². The Morgan fingerprint density at radius 1 is 1.10 bits per heavy atom. The van der Waals surface area contributed by atoms with Gasteiger partial charge in [-0.25, -0.2) is 0 Å². The standard InChI is InChI=1S/C17H18N2O/c1-13(2)19-12-15-4-3-5-17(10-15)20-16-8-6-14(11-18)7-9-16/h3-10,13,19H,12H2,1-2H3. The first kappa shape index (κ1) is 14.1. The molecular weight excluding hydrogens is 248 g/mol. The highest BCUT2D eigenvalue weighted by Crippen LogP contribution is 2.22. The van der Waals surface area contributed by atoms with E-state index >= 15 is 0 Å². The zero-order chi connectivity index (χ0) is 14.4. The fraction of sp³-hybridized carbons (Fsp3) is 0.235. The first-order valence-electron chi connectivity index (χ1n) is 6.68. The number of benzene rings is 2. The SMILES string of the molecule is CC(C)NCc1cccc(Oc2ccc(C#N)cc2)c1. The quantitative estimate of drug-likeness (QED) is 0.894. The van der Waals surface area contributed by atoms with Crippen LogP contribution >= 0.6 is 0 Å². The van der Waals surface area contributed by atoms with Crippen LogP contribution in [0.5, 0.6) is 11.5 Å². The molecule has 0 saturated carbocycles. The molecule has 0 unspecified atom stereocenters. The summed E-state index contributed by atoms with van der Waals surface area (Å²) in [4.78, 5) is 0. The summed E-state index contributed by atoms with van der Waals surface area (Å²) >= 11 is 0. The zero-order valence-electron chi connectivity index (χ0n) is 11.8. The van der Waals surface area contributed by atoms with Gasteiger partial charge in [-0.3, -0.25) is 0 Å². The van der Waals surface area contributed by atoms with E-state index in [1.54, 1.807) is 24.3 Å². The molecular formula is C17H18N2O. The minimum atomic E-state index is 0.457. The Kier molecular flexibility index (Phi) is 4.75. The average Bonchev–Trinajstić information content (AvgIpc) is 2.46. The lowest BCUT2D eigenvalue weighted by Gasteiger charge is -2.10. The van der Waals surface area contributed by atoms with Crippen LogP contribution < -0.4 is 10.1 Å². The molecule has 0 spiro atoms. The van der Waals surface area contributed by atoms with Gasteiger partial charge in [0.15, 0.2) is 0 Å². The van der Waals surface area contributed by atoms with Gasteiger partial charge in [-0.1, -0.05) is 26.0 Å². The van der Waals surface area contributed by atoms with Gasteiger partial charge < -0.3 is 10.1 Å². The van der Waals surface area contributed by atoms with Crippen molar-refractivity contribution in [3.63, 3.8) is 0 Å². The highest BCUT2D eigenvalue weighted by atomic mass is 16.5. The van der Waals surface area contributed by atoms with Gasteiger partial charge in [-0.15, -0.1) is 0 Å². The van der Waals surface area contributed by atoms with Crippen molar-refractivity contribution in [3.05, 3.63) is 59.7 Å². The van der Waals surface area contributed by atoms with Gasteiger partial charge in [0.05, 0.1) is 11.6 Å². The molecule has 2 aromatic carbocycles. The second kappa shape index (κ2) is 6.74. The van der Waals surface area contributed by atoms with Crippen molar-refractivity contribution in [1.29, 1.82) is 5.26 Å². The number of hydrogen-bond acceptors (Lipinski definition) is 3. The third-order valence-electron chi connectivity index (χ3n) is 2.83. The van der Waals surface area contributed by atoms with Crippen LogP contribution in [0.25, 0.3) is 0 Å². The number of nitrogens with one attached hydrogen (secondary N) is 1. The van der Waals surface area contributed by atoms with Gasteiger partial charge in [0.1, 0.15) is 11.5 Å². The predicted molar refractivity (Wildman–Crippen MR) is 79.6 cm³/mol. The lowest BCUT2D eigenvalue weighted by molar-refractivity contribution is 0.481. The molecule has 1 N–H and O–H groups in total. The molecule has 20 heavy (non-hydrogen) atoms. The van der Waals surface area contributed by atoms with Crippen LogP contribution in [0.2, 0.25) is 0 Å². The molecule has 0 fully saturated rings. The van der Waals surface area contributed by atoms with E-state index < -0.39 is 0 Å². The van der Waals surface area contributed by atoms with Crippen molar-refractivity contribution in [1.82, 2.24) is 5.32 Å². The van der Waals surface area contributed by atoms with Crippen LogP contribution in [0.1, 0.15) is 25.0 Å². The van der Waals surface area contributed by atoms with Crippen molar-refractivity contribution >= 4 is 0 Å². The molecule has 0 saturated heterocycles. The molecule has 0 aromatic heterocycles. The summed E-state index contributed by atoms with van der Waals surface area (Å²) in [5, 5.41) is 12.1. The van der Waals surface area contributed by atoms with E-state index in [-0.39, 0.29) is 0 Å². The molecule has 0 aliphatic rings. The third-order valence-corrected chi connectivity index (χ3v) is 2.83. The molecule has 0 aliphatic carbocycles. The first-order chi connectivity index (χ1) is 9.67. The summed E-state index contributed by atoms with van der Waals surface area (Å²) in [6, 6.07) is 17.7. The number of rotatable bonds is 5. The lowest BCUT2D eigenvalue weighted by atomic mass is 10.2. The van der Waals surface area contributed by atoms with Crippen LogP contribution in [0.15, 0.2) is 48.5 Å². The maximum atomic E-state index is 8.76. The summed E-state index contributed by atoms with van der Waals surface area (Å²) in [5.41, 5.74) is 1.82. The smallest absolute Gasteiger partial charge is 0.127 e. The third kappa shape index (κ3) is 4.11. The number of nitrogens with zero attached hydrogens (tertiary/aromatic N) is 1. The van der Waals surface area contributed by atoms with Gasteiger partial charge in [0, 0.05) is 12.6 Å². The van der Waals surface area contributed by atoms with Gasteiger partial charge >= 0.3 is 0 Å². The molecule has 0 bridgehead atoms. The van der Waals surface area contributed by atoms with E-state index in [4.69, 9.17) is 10.00 Å². The summed E-state index contributed by atoms with van der Waals surface area (Å²) < 4.78 is 5.79. The Morgan fingerprint density at radius 2 is 1.85 bits per heavy atom. The molecule has 2 rings (SSSR count). The van der Waals surface area contributed by atoms with Gasteiger partial charge in [-0.05, 0) is 42.0 Å². The van der Waals surface area contributed by atoms with Crippen LogP contribution in [-0.4, -0.2) is 6.04 Å². The minimum absolute atomic E-state index is 0.457. The van der Waals surface area contributed by atoms with Crippen molar-refractivity contribution in [2.24, 2.45) is 0 Å². The summed E-state index contributed by atoms with van der Waals surface area (Å²) in [6.07, 6.45) is 0. The Balaban J connectivity index is 2.05. The number of ether oxygens (including phenoxy) is 1. The second-order valence-electron chi connectivity index (χ2n) is 4.92. The molecule has 3 nitrogen and oxygen atoms in total. The zero-order valence-corrected chi connectivity index (χ0v) is 11.8. The van der Waals surface area contributed by atoms with Gasteiger partial charge in [0.2, 0.25) is 0 Å². The Bertz CT molecular complexity index is 597. The molecule has 0 aliphatic heterocycles.